The van der Waals surface area contributed by atoms with E-state index in [1.807, 2.05) is 30.0 Å². The maximum Gasteiger partial charge on any atom is 0.245 e. The number of nitrogens with zero attached hydrogens (tertiary/aromatic N) is 2. The Bertz CT molecular complexity index is 680. The predicted octanol–water partition coefficient (Wildman–Crippen LogP) is 3.21. The lowest BCUT2D eigenvalue weighted by atomic mass is 9.84. The van der Waals surface area contributed by atoms with Gasteiger partial charge in [0.1, 0.15) is 11.8 Å². The van der Waals surface area contributed by atoms with Crippen molar-refractivity contribution in [3.63, 3.8) is 0 Å². The van der Waals surface area contributed by atoms with Gasteiger partial charge >= 0.3 is 0 Å². The first-order valence-corrected chi connectivity index (χ1v) is 11.1. The van der Waals surface area contributed by atoms with Crippen molar-refractivity contribution in [1.82, 2.24) is 10.2 Å². The Labute approximate surface area is 174 Å². The summed E-state index contributed by atoms with van der Waals surface area (Å²) < 4.78 is 5.76. The maximum atomic E-state index is 13.2. The number of para-hydroxylation sites is 2. The predicted molar refractivity (Wildman–Crippen MR) is 115 cm³/mol. The molecule has 1 aromatic rings. The molecule has 1 saturated carbocycles. The van der Waals surface area contributed by atoms with Crippen molar-refractivity contribution in [2.75, 3.05) is 37.7 Å². The van der Waals surface area contributed by atoms with Gasteiger partial charge in [0.15, 0.2) is 0 Å². The topological polar surface area (TPSA) is 61.9 Å². The quantitative estimate of drug-likeness (QED) is 0.762. The van der Waals surface area contributed by atoms with Gasteiger partial charge in [-0.2, -0.15) is 0 Å². The number of piperazine rings is 1. The lowest BCUT2D eigenvalue weighted by molar-refractivity contribution is -0.137. The molecule has 29 heavy (non-hydrogen) atoms. The second-order valence-corrected chi connectivity index (χ2v) is 8.21. The van der Waals surface area contributed by atoms with Gasteiger partial charge in [-0.15, -0.1) is 0 Å². The van der Waals surface area contributed by atoms with Gasteiger partial charge in [0.2, 0.25) is 11.8 Å². The summed E-state index contributed by atoms with van der Waals surface area (Å²) in [6.45, 7) is 7.00. The molecule has 2 aliphatic rings. The molecule has 1 unspecified atom stereocenters. The number of hydrogen-bond acceptors (Lipinski definition) is 4. The van der Waals surface area contributed by atoms with Crippen molar-refractivity contribution in [2.24, 2.45) is 5.92 Å². The molecule has 1 N–H and O–H groups in total. The Hall–Kier alpha value is -2.24. The van der Waals surface area contributed by atoms with E-state index in [1.54, 1.807) is 0 Å². The van der Waals surface area contributed by atoms with Gasteiger partial charge in [0.05, 0.1) is 12.3 Å². The fourth-order valence-electron chi connectivity index (χ4n) is 4.61. The molecular weight excluding hydrogens is 366 g/mol. The average Bonchev–Trinajstić information content (AvgIpc) is 2.74. The van der Waals surface area contributed by atoms with E-state index in [-0.39, 0.29) is 11.8 Å². The molecular formula is C23H35N3O3. The molecule has 0 aromatic heterocycles. The molecule has 6 heteroatoms. The minimum absolute atomic E-state index is 0.0727. The van der Waals surface area contributed by atoms with Crippen LogP contribution in [0.2, 0.25) is 0 Å². The van der Waals surface area contributed by atoms with E-state index >= 15 is 0 Å². The van der Waals surface area contributed by atoms with Crippen LogP contribution in [0.1, 0.15) is 52.4 Å². The maximum absolute atomic E-state index is 13.2. The summed E-state index contributed by atoms with van der Waals surface area (Å²) in [6.07, 6.45) is 6.88. The van der Waals surface area contributed by atoms with Gasteiger partial charge in [-0.05, 0) is 31.4 Å². The lowest BCUT2D eigenvalue weighted by Gasteiger charge is -2.38. The van der Waals surface area contributed by atoms with E-state index in [4.69, 9.17) is 4.74 Å². The number of carbonyl (C=O) groups is 2. The minimum atomic E-state index is -0.391. The van der Waals surface area contributed by atoms with Crippen molar-refractivity contribution in [3.05, 3.63) is 24.3 Å². The van der Waals surface area contributed by atoms with E-state index in [0.29, 0.717) is 25.6 Å². The van der Waals surface area contributed by atoms with Crippen molar-refractivity contribution in [3.8, 4) is 5.75 Å². The van der Waals surface area contributed by atoms with Crippen LogP contribution in [-0.4, -0.2) is 55.5 Å². The summed E-state index contributed by atoms with van der Waals surface area (Å²) in [7, 11) is 0. The Morgan fingerprint density at radius 1 is 1.10 bits per heavy atom. The molecule has 3 rings (SSSR count). The highest BCUT2D eigenvalue weighted by atomic mass is 16.5. The molecule has 1 heterocycles. The fourth-order valence-corrected chi connectivity index (χ4v) is 4.61. The van der Waals surface area contributed by atoms with Gasteiger partial charge in [-0.25, -0.2) is 0 Å². The molecule has 160 valence electrons. The third kappa shape index (κ3) is 5.87. The zero-order valence-electron chi connectivity index (χ0n) is 17.9. The lowest BCUT2D eigenvalue weighted by Crippen LogP contribution is -2.55. The van der Waals surface area contributed by atoms with Crippen LogP contribution >= 0.6 is 0 Å². The highest BCUT2D eigenvalue weighted by Gasteiger charge is 2.31. The van der Waals surface area contributed by atoms with Gasteiger partial charge in [-0.3, -0.25) is 9.59 Å². The van der Waals surface area contributed by atoms with Crippen molar-refractivity contribution >= 4 is 17.5 Å². The van der Waals surface area contributed by atoms with Crippen LogP contribution in [0, 0.1) is 5.92 Å². The molecule has 0 bridgehead atoms. The Balaban J connectivity index is 1.60. The third-order valence-corrected chi connectivity index (χ3v) is 6.07. The van der Waals surface area contributed by atoms with Gasteiger partial charge in [0.25, 0.3) is 0 Å². The monoisotopic (exact) mass is 401 g/mol. The zero-order chi connectivity index (χ0) is 20.6. The minimum Gasteiger partial charge on any atom is -0.492 e. The number of amides is 2. The first kappa shape index (κ1) is 21.5. The summed E-state index contributed by atoms with van der Waals surface area (Å²) in [5.41, 5.74) is 1.09. The van der Waals surface area contributed by atoms with Gasteiger partial charge in [-0.1, -0.05) is 44.2 Å². The van der Waals surface area contributed by atoms with Crippen LogP contribution in [-0.2, 0) is 9.59 Å². The summed E-state index contributed by atoms with van der Waals surface area (Å²) in [4.78, 5) is 29.1. The normalized spacial score (nSPS) is 19.0. The number of nitrogens with one attached hydrogen (secondary N) is 1. The largest absolute Gasteiger partial charge is 0.492 e. The first-order valence-electron chi connectivity index (χ1n) is 11.1. The SMILES string of the molecule is CCOc1ccccc1N1CCN(C(=O)C(CC2CCCCC2)NC(C)=O)CC1. The van der Waals surface area contributed by atoms with Crippen molar-refractivity contribution in [2.45, 2.75) is 58.4 Å². The van der Waals surface area contributed by atoms with E-state index < -0.39 is 6.04 Å². The molecule has 1 atom stereocenters. The number of anilines is 1. The smallest absolute Gasteiger partial charge is 0.245 e. The van der Waals surface area contributed by atoms with Crippen LogP contribution in [0.4, 0.5) is 5.69 Å². The van der Waals surface area contributed by atoms with E-state index in [2.05, 4.69) is 16.3 Å². The number of hydrogen-bond donors (Lipinski definition) is 1. The number of benzene rings is 1. The molecule has 1 aromatic carbocycles. The van der Waals surface area contributed by atoms with Gasteiger partial charge in [0, 0.05) is 33.1 Å². The van der Waals surface area contributed by atoms with E-state index in [0.717, 1.165) is 30.9 Å². The Kier molecular flexibility index (Phi) is 7.78. The highest BCUT2D eigenvalue weighted by Crippen LogP contribution is 2.30. The summed E-state index contributed by atoms with van der Waals surface area (Å²) in [5, 5.41) is 2.93. The van der Waals surface area contributed by atoms with Crippen LogP contribution in [0.3, 0.4) is 0 Å². The molecule has 1 saturated heterocycles. The van der Waals surface area contributed by atoms with Crippen LogP contribution < -0.4 is 15.0 Å². The third-order valence-electron chi connectivity index (χ3n) is 6.07. The van der Waals surface area contributed by atoms with Crippen LogP contribution in [0.15, 0.2) is 24.3 Å². The van der Waals surface area contributed by atoms with Crippen LogP contribution in [0.5, 0.6) is 5.75 Å². The van der Waals surface area contributed by atoms with Crippen molar-refractivity contribution < 1.29 is 14.3 Å². The van der Waals surface area contributed by atoms with Crippen molar-refractivity contribution in [1.29, 1.82) is 0 Å². The fraction of sp³-hybridized carbons (Fsp3) is 0.652. The summed E-state index contributed by atoms with van der Waals surface area (Å²) in [5.74, 6) is 1.39. The van der Waals surface area contributed by atoms with E-state index in [1.165, 1.54) is 39.0 Å². The molecule has 0 radical (unpaired) electrons. The molecule has 1 aliphatic carbocycles. The second kappa shape index (κ2) is 10.5. The molecule has 2 fully saturated rings. The summed E-state index contributed by atoms with van der Waals surface area (Å²) in [6, 6.07) is 7.68. The average molecular weight is 402 g/mol. The van der Waals surface area contributed by atoms with Gasteiger partial charge < -0.3 is 19.9 Å². The second-order valence-electron chi connectivity index (χ2n) is 8.21. The number of carbonyl (C=O) groups excluding carboxylic acids is 2. The standard InChI is InChI=1S/C23H35N3O3/c1-3-29-22-12-8-7-11-21(22)25-13-15-26(16-14-25)23(28)20(24-18(2)27)17-19-9-5-4-6-10-19/h7-8,11-12,19-20H,3-6,9-10,13-17H2,1-2H3,(H,24,27). The van der Waals surface area contributed by atoms with Crippen LogP contribution in [0.25, 0.3) is 0 Å². The van der Waals surface area contributed by atoms with E-state index in [9.17, 15) is 9.59 Å². The Morgan fingerprint density at radius 3 is 2.45 bits per heavy atom. The molecule has 0 spiro atoms. The first-order chi connectivity index (χ1) is 14.1. The molecule has 2 amide bonds. The summed E-state index contributed by atoms with van der Waals surface area (Å²) >= 11 is 0. The zero-order valence-corrected chi connectivity index (χ0v) is 17.9. The Morgan fingerprint density at radius 2 is 1.79 bits per heavy atom. The number of ether oxygens (including phenoxy) is 1. The molecule has 1 aliphatic heterocycles. The number of rotatable bonds is 7. The highest BCUT2D eigenvalue weighted by molar-refractivity contribution is 5.87. The molecule has 6 nitrogen and oxygen atoms in total.